The Hall–Kier alpha value is -2.37. The van der Waals surface area contributed by atoms with Crippen LogP contribution in [-0.4, -0.2) is 49.4 Å². The largest absolute Gasteiger partial charge is 0.469 e. The minimum Gasteiger partial charge on any atom is -0.469 e. The molecule has 1 atom stereocenters. The number of carbonyl (C=O) groups is 3. The summed E-state index contributed by atoms with van der Waals surface area (Å²) in [6.07, 6.45) is 1.51. The quantitative estimate of drug-likeness (QED) is 0.787. The third kappa shape index (κ3) is 3.27. The topological polar surface area (TPSA) is 66.9 Å². The minimum absolute atomic E-state index is 0.0102. The number of nitrogens with zero attached hydrogens (tertiary/aromatic N) is 2. The second-order valence-electron chi connectivity index (χ2n) is 6.36. The molecule has 1 aromatic carbocycles. The molecule has 2 amide bonds. The molecule has 0 radical (unpaired) electrons. The fraction of sp³-hybridized carbons (Fsp3) is 0.500. The van der Waals surface area contributed by atoms with E-state index >= 15 is 0 Å². The Morgan fingerprint density at radius 2 is 1.75 bits per heavy atom. The molecular weight excluding hydrogens is 308 g/mol. The highest BCUT2D eigenvalue weighted by atomic mass is 16.5. The number of para-hydroxylation sites is 1. The fourth-order valence-electron chi connectivity index (χ4n) is 3.49. The van der Waals surface area contributed by atoms with Gasteiger partial charge in [-0.05, 0) is 25.0 Å². The van der Waals surface area contributed by atoms with Gasteiger partial charge in [-0.1, -0.05) is 18.2 Å². The highest BCUT2D eigenvalue weighted by molar-refractivity contribution is 6.00. The summed E-state index contributed by atoms with van der Waals surface area (Å²) in [5.74, 6) is -0.611. The van der Waals surface area contributed by atoms with Crippen LogP contribution in [0, 0.1) is 11.8 Å². The van der Waals surface area contributed by atoms with Gasteiger partial charge in [0, 0.05) is 31.7 Å². The van der Waals surface area contributed by atoms with Crippen LogP contribution in [0.5, 0.6) is 0 Å². The van der Waals surface area contributed by atoms with E-state index in [-0.39, 0.29) is 36.0 Å². The Balaban J connectivity index is 1.59. The van der Waals surface area contributed by atoms with E-state index in [0.29, 0.717) is 32.5 Å². The molecular formula is C18H22N2O4. The van der Waals surface area contributed by atoms with Crippen LogP contribution in [0.1, 0.15) is 19.3 Å². The Morgan fingerprint density at radius 3 is 2.38 bits per heavy atom. The minimum atomic E-state index is -0.299. The summed E-state index contributed by atoms with van der Waals surface area (Å²) in [5, 5.41) is 0. The molecule has 24 heavy (non-hydrogen) atoms. The van der Waals surface area contributed by atoms with Crippen molar-refractivity contribution in [3.63, 3.8) is 0 Å². The maximum absolute atomic E-state index is 12.7. The van der Waals surface area contributed by atoms with Crippen LogP contribution in [-0.2, 0) is 19.1 Å². The molecule has 2 aliphatic rings. The Kier molecular flexibility index (Phi) is 4.83. The van der Waals surface area contributed by atoms with E-state index in [9.17, 15) is 14.4 Å². The van der Waals surface area contributed by atoms with Crippen LogP contribution in [0.15, 0.2) is 30.3 Å². The molecule has 0 unspecified atom stereocenters. The third-order valence-corrected chi connectivity index (χ3v) is 4.88. The normalized spacial score (nSPS) is 21.9. The average molecular weight is 330 g/mol. The number of rotatable bonds is 3. The zero-order chi connectivity index (χ0) is 17.1. The number of piperidine rings is 1. The van der Waals surface area contributed by atoms with E-state index < -0.39 is 0 Å². The maximum atomic E-state index is 12.7. The summed E-state index contributed by atoms with van der Waals surface area (Å²) in [5.41, 5.74) is 0.835. The van der Waals surface area contributed by atoms with Gasteiger partial charge >= 0.3 is 5.97 Å². The smallest absolute Gasteiger partial charge is 0.308 e. The first-order valence-corrected chi connectivity index (χ1v) is 8.32. The summed E-state index contributed by atoms with van der Waals surface area (Å²) in [6, 6.07) is 9.43. The third-order valence-electron chi connectivity index (χ3n) is 4.88. The molecule has 0 aromatic heterocycles. The fourth-order valence-corrected chi connectivity index (χ4v) is 3.49. The van der Waals surface area contributed by atoms with Gasteiger partial charge in [0.1, 0.15) is 0 Å². The number of amides is 2. The van der Waals surface area contributed by atoms with Gasteiger partial charge in [-0.3, -0.25) is 14.4 Å². The first-order chi connectivity index (χ1) is 11.6. The summed E-state index contributed by atoms with van der Waals surface area (Å²) < 4.78 is 4.77. The number of esters is 1. The standard InChI is InChI=1S/C18H22N2O4/c1-24-18(23)13-7-9-19(10-8-13)17(22)14-11-16(21)20(12-14)15-5-3-2-4-6-15/h2-6,13-14H,7-12H2,1H3/t14-/m1/s1. The van der Waals surface area contributed by atoms with E-state index in [0.717, 1.165) is 5.69 Å². The maximum Gasteiger partial charge on any atom is 0.308 e. The lowest BCUT2D eigenvalue weighted by molar-refractivity contribution is -0.149. The number of hydrogen-bond acceptors (Lipinski definition) is 4. The number of methoxy groups -OCH3 is 1. The monoisotopic (exact) mass is 330 g/mol. The van der Waals surface area contributed by atoms with Crippen molar-refractivity contribution in [1.82, 2.24) is 4.90 Å². The van der Waals surface area contributed by atoms with E-state index in [1.807, 2.05) is 30.3 Å². The summed E-state index contributed by atoms with van der Waals surface area (Å²) in [6.45, 7) is 1.53. The number of benzene rings is 1. The molecule has 0 N–H and O–H groups in total. The van der Waals surface area contributed by atoms with Gasteiger partial charge in [0.2, 0.25) is 11.8 Å². The molecule has 6 heteroatoms. The van der Waals surface area contributed by atoms with Crippen LogP contribution >= 0.6 is 0 Å². The number of likely N-dealkylation sites (tertiary alicyclic amines) is 1. The summed E-state index contributed by atoms with van der Waals surface area (Å²) >= 11 is 0. The highest BCUT2D eigenvalue weighted by Gasteiger charge is 2.38. The molecule has 0 aliphatic carbocycles. The van der Waals surface area contributed by atoms with Gasteiger partial charge in [0.25, 0.3) is 0 Å². The summed E-state index contributed by atoms with van der Waals surface area (Å²) in [4.78, 5) is 40.0. The number of hydrogen-bond donors (Lipinski definition) is 0. The van der Waals surface area contributed by atoms with Crippen molar-refractivity contribution < 1.29 is 19.1 Å². The van der Waals surface area contributed by atoms with Crippen molar-refractivity contribution in [1.29, 1.82) is 0 Å². The van der Waals surface area contributed by atoms with Crippen molar-refractivity contribution >= 4 is 23.5 Å². The molecule has 2 aliphatic heterocycles. The van der Waals surface area contributed by atoms with Gasteiger partial charge in [0.05, 0.1) is 18.9 Å². The van der Waals surface area contributed by atoms with E-state index in [1.165, 1.54) is 7.11 Å². The molecule has 3 rings (SSSR count). The van der Waals surface area contributed by atoms with Crippen LogP contribution in [0.2, 0.25) is 0 Å². The van der Waals surface area contributed by atoms with Crippen molar-refractivity contribution in [2.45, 2.75) is 19.3 Å². The van der Waals surface area contributed by atoms with Crippen molar-refractivity contribution in [2.24, 2.45) is 11.8 Å². The lowest BCUT2D eigenvalue weighted by Crippen LogP contribution is -2.43. The van der Waals surface area contributed by atoms with Crippen molar-refractivity contribution in [2.75, 3.05) is 31.6 Å². The molecule has 2 heterocycles. The summed E-state index contributed by atoms with van der Waals surface area (Å²) in [7, 11) is 1.39. The van der Waals surface area contributed by atoms with Crippen LogP contribution < -0.4 is 4.90 Å². The molecule has 0 bridgehead atoms. The second-order valence-corrected chi connectivity index (χ2v) is 6.36. The van der Waals surface area contributed by atoms with Gasteiger partial charge in [-0.15, -0.1) is 0 Å². The number of carbonyl (C=O) groups excluding carboxylic acids is 3. The number of ether oxygens (including phenoxy) is 1. The Morgan fingerprint density at radius 1 is 1.08 bits per heavy atom. The van der Waals surface area contributed by atoms with E-state index in [1.54, 1.807) is 9.80 Å². The van der Waals surface area contributed by atoms with Crippen molar-refractivity contribution in [3.8, 4) is 0 Å². The van der Waals surface area contributed by atoms with E-state index in [2.05, 4.69) is 0 Å². The molecule has 2 saturated heterocycles. The predicted molar refractivity (Wildman–Crippen MR) is 88.2 cm³/mol. The predicted octanol–water partition coefficient (Wildman–Crippen LogP) is 1.45. The Bertz CT molecular complexity index is 623. The zero-order valence-corrected chi connectivity index (χ0v) is 13.8. The molecule has 2 fully saturated rings. The van der Waals surface area contributed by atoms with E-state index in [4.69, 9.17) is 4.74 Å². The van der Waals surface area contributed by atoms with Gasteiger partial charge in [0.15, 0.2) is 0 Å². The second kappa shape index (κ2) is 7.03. The van der Waals surface area contributed by atoms with Crippen LogP contribution in [0.25, 0.3) is 0 Å². The molecule has 128 valence electrons. The molecule has 0 saturated carbocycles. The van der Waals surface area contributed by atoms with Gasteiger partial charge in [-0.25, -0.2) is 0 Å². The van der Waals surface area contributed by atoms with Gasteiger partial charge in [-0.2, -0.15) is 0 Å². The Labute approximate surface area is 141 Å². The lowest BCUT2D eigenvalue weighted by Gasteiger charge is -2.32. The molecule has 0 spiro atoms. The molecule has 1 aromatic rings. The zero-order valence-electron chi connectivity index (χ0n) is 13.8. The average Bonchev–Trinajstić information content (AvgIpc) is 3.03. The molecule has 6 nitrogen and oxygen atoms in total. The first kappa shape index (κ1) is 16.5. The highest BCUT2D eigenvalue weighted by Crippen LogP contribution is 2.28. The lowest BCUT2D eigenvalue weighted by atomic mass is 9.95. The van der Waals surface area contributed by atoms with Gasteiger partial charge < -0.3 is 14.5 Å². The van der Waals surface area contributed by atoms with Crippen molar-refractivity contribution in [3.05, 3.63) is 30.3 Å². The SMILES string of the molecule is COC(=O)C1CCN(C(=O)[C@@H]2CC(=O)N(c3ccccc3)C2)CC1. The number of anilines is 1. The van der Waals surface area contributed by atoms with Crippen LogP contribution in [0.3, 0.4) is 0 Å². The first-order valence-electron chi connectivity index (χ1n) is 8.32. The van der Waals surface area contributed by atoms with Crippen LogP contribution in [0.4, 0.5) is 5.69 Å².